The van der Waals surface area contributed by atoms with Crippen molar-refractivity contribution in [3.63, 3.8) is 0 Å². The van der Waals surface area contributed by atoms with Gasteiger partial charge in [-0.1, -0.05) is 18.2 Å². The van der Waals surface area contributed by atoms with Crippen LogP contribution in [0.1, 0.15) is 26.3 Å². The lowest BCUT2D eigenvalue weighted by Gasteiger charge is -2.37. The first-order valence-electron chi connectivity index (χ1n) is 8.09. The molecule has 1 saturated heterocycles. The van der Waals surface area contributed by atoms with Crippen LogP contribution in [-0.2, 0) is 11.2 Å². The highest BCUT2D eigenvalue weighted by Crippen LogP contribution is 2.28. The molecule has 0 aliphatic carbocycles. The molecule has 1 heterocycles. The summed E-state index contributed by atoms with van der Waals surface area (Å²) in [4.78, 5) is 14.0. The molecule has 1 aliphatic heterocycles. The monoisotopic (exact) mass is 360 g/mol. The average Bonchev–Trinajstić information content (AvgIpc) is 2.46. The predicted molar refractivity (Wildman–Crippen MR) is 86.4 cm³/mol. The fourth-order valence-electron chi connectivity index (χ4n) is 2.65. The van der Waals surface area contributed by atoms with E-state index >= 15 is 0 Å². The number of amides is 1. The van der Waals surface area contributed by atoms with Gasteiger partial charge in [-0.3, -0.25) is 0 Å². The number of piperazine rings is 1. The molecular formula is C17H23F3N2O3. The summed E-state index contributed by atoms with van der Waals surface area (Å²) in [5.74, 6) is -0.246. The van der Waals surface area contributed by atoms with Crippen LogP contribution in [0.4, 0.5) is 18.0 Å². The number of ether oxygens (including phenoxy) is 2. The molecule has 25 heavy (non-hydrogen) atoms. The van der Waals surface area contributed by atoms with E-state index in [4.69, 9.17) is 4.74 Å². The number of carbonyl (C=O) groups excluding carboxylic acids is 1. The van der Waals surface area contributed by atoms with Gasteiger partial charge in [-0.25, -0.2) is 4.79 Å². The van der Waals surface area contributed by atoms with Crippen LogP contribution in [0.3, 0.4) is 0 Å². The van der Waals surface area contributed by atoms with Crippen LogP contribution >= 0.6 is 0 Å². The van der Waals surface area contributed by atoms with Crippen molar-refractivity contribution in [1.82, 2.24) is 10.2 Å². The zero-order valence-corrected chi connectivity index (χ0v) is 14.5. The van der Waals surface area contributed by atoms with E-state index in [1.165, 1.54) is 12.1 Å². The normalized spacial score (nSPS) is 18.8. The van der Waals surface area contributed by atoms with Crippen molar-refractivity contribution >= 4 is 6.09 Å². The van der Waals surface area contributed by atoms with Crippen molar-refractivity contribution in [2.24, 2.45) is 0 Å². The average molecular weight is 360 g/mol. The van der Waals surface area contributed by atoms with Gasteiger partial charge in [0.1, 0.15) is 11.4 Å². The van der Waals surface area contributed by atoms with Crippen molar-refractivity contribution in [2.75, 3.05) is 19.6 Å². The number of hydrogen-bond donors (Lipinski definition) is 1. The van der Waals surface area contributed by atoms with Crippen molar-refractivity contribution in [1.29, 1.82) is 0 Å². The van der Waals surface area contributed by atoms with Gasteiger partial charge < -0.3 is 19.7 Å². The van der Waals surface area contributed by atoms with Crippen LogP contribution in [0.5, 0.6) is 5.75 Å². The van der Waals surface area contributed by atoms with E-state index in [9.17, 15) is 18.0 Å². The third-order valence-electron chi connectivity index (χ3n) is 3.63. The Morgan fingerprint density at radius 1 is 1.28 bits per heavy atom. The summed E-state index contributed by atoms with van der Waals surface area (Å²) >= 11 is 0. The lowest BCUT2D eigenvalue weighted by atomic mass is 10.0. The molecule has 1 aliphatic rings. The lowest BCUT2D eigenvalue weighted by molar-refractivity contribution is -0.274. The first-order chi connectivity index (χ1) is 11.6. The summed E-state index contributed by atoms with van der Waals surface area (Å²) in [7, 11) is 0. The summed E-state index contributed by atoms with van der Waals surface area (Å²) < 4.78 is 47.2. The fourth-order valence-corrected chi connectivity index (χ4v) is 2.65. The second-order valence-corrected chi connectivity index (χ2v) is 6.89. The highest BCUT2D eigenvalue weighted by Gasteiger charge is 2.34. The minimum atomic E-state index is -4.76. The van der Waals surface area contributed by atoms with E-state index in [1.807, 2.05) is 0 Å². The molecule has 2 rings (SSSR count). The Morgan fingerprint density at radius 2 is 1.96 bits per heavy atom. The standard InChI is InChI=1S/C17H23F3N2O3/c1-16(2,3)25-15(23)22-9-8-21-11-13(22)10-12-6-4-5-7-14(12)24-17(18,19)20/h4-7,13,21H,8-11H2,1-3H3/t13-/m1/s1. The summed E-state index contributed by atoms with van der Waals surface area (Å²) in [5.41, 5.74) is -0.244. The molecular weight excluding hydrogens is 337 g/mol. The van der Waals surface area contributed by atoms with Gasteiger partial charge in [0.25, 0.3) is 0 Å². The van der Waals surface area contributed by atoms with Crippen molar-refractivity contribution in [2.45, 2.75) is 45.2 Å². The Bertz CT molecular complexity index is 600. The number of para-hydroxylation sites is 1. The predicted octanol–water partition coefficient (Wildman–Crippen LogP) is 3.34. The Hall–Kier alpha value is -1.96. The summed E-state index contributed by atoms with van der Waals surface area (Å²) in [5, 5.41) is 3.16. The molecule has 1 N–H and O–H groups in total. The van der Waals surface area contributed by atoms with Gasteiger partial charge in [-0.15, -0.1) is 13.2 Å². The van der Waals surface area contributed by atoms with Gasteiger partial charge in [-0.05, 0) is 38.8 Å². The van der Waals surface area contributed by atoms with Crippen LogP contribution in [0, 0.1) is 0 Å². The molecule has 0 saturated carbocycles. The number of alkyl halides is 3. The Kier molecular flexibility index (Phi) is 5.82. The Labute approximate surface area is 145 Å². The first-order valence-corrected chi connectivity index (χ1v) is 8.09. The maximum absolute atomic E-state index is 12.6. The molecule has 1 amide bonds. The first kappa shape index (κ1) is 19.4. The molecule has 0 aromatic heterocycles. The minimum Gasteiger partial charge on any atom is -0.444 e. The molecule has 0 spiro atoms. The molecule has 0 unspecified atom stereocenters. The molecule has 0 bridgehead atoms. The molecule has 1 aromatic rings. The van der Waals surface area contributed by atoms with Crippen LogP contribution in [0.15, 0.2) is 24.3 Å². The second kappa shape index (κ2) is 7.51. The van der Waals surface area contributed by atoms with Gasteiger partial charge >= 0.3 is 12.5 Å². The van der Waals surface area contributed by atoms with Gasteiger partial charge in [0.05, 0.1) is 6.04 Å². The molecule has 1 aromatic carbocycles. The second-order valence-electron chi connectivity index (χ2n) is 6.89. The topological polar surface area (TPSA) is 50.8 Å². The highest BCUT2D eigenvalue weighted by molar-refractivity contribution is 5.69. The van der Waals surface area contributed by atoms with Gasteiger partial charge in [0.2, 0.25) is 0 Å². The number of halogens is 3. The highest BCUT2D eigenvalue weighted by atomic mass is 19.4. The zero-order valence-electron chi connectivity index (χ0n) is 14.5. The number of nitrogens with one attached hydrogen (secondary N) is 1. The van der Waals surface area contributed by atoms with Crippen molar-refractivity contribution in [3.8, 4) is 5.75 Å². The maximum atomic E-state index is 12.6. The molecule has 5 nitrogen and oxygen atoms in total. The molecule has 1 fully saturated rings. The van der Waals surface area contributed by atoms with Crippen LogP contribution in [0.2, 0.25) is 0 Å². The lowest BCUT2D eigenvalue weighted by Crippen LogP contribution is -2.55. The number of hydrogen-bond acceptors (Lipinski definition) is 4. The van der Waals surface area contributed by atoms with E-state index in [-0.39, 0.29) is 18.2 Å². The smallest absolute Gasteiger partial charge is 0.444 e. The zero-order chi connectivity index (χ0) is 18.7. The fraction of sp³-hybridized carbons (Fsp3) is 0.588. The van der Waals surface area contributed by atoms with Crippen molar-refractivity contribution in [3.05, 3.63) is 29.8 Å². The number of nitrogens with zero attached hydrogens (tertiary/aromatic N) is 1. The maximum Gasteiger partial charge on any atom is 0.573 e. The van der Waals surface area contributed by atoms with Gasteiger partial charge in [0, 0.05) is 19.6 Å². The number of benzene rings is 1. The van der Waals surface area contributed by atoms with E-state index in [0.29, 0.717) is 25.2 Å². The third-order valence-corrected chi connectivity index (χ3v) is 3.63. The van der Waals surface area contributed by atoms with Gasteiger partial charge in [0.15, 0.2) is 0 Å². The number of carbonyl (C=O) groups is 1. The Morgan fingerprint density at radius 3 is 2.60 bits per heavy atom. The Balaban J connectivity index is 2.15. The van der Waals surface area contributed by atoms with Crippen LogP contribution < -0.4 is 10.1 Å². The van der Waals surface area contributed by atoms with E-state index in [1.54, 1.807) is 37.8 Å². The third kappa shape index (κ3) is 6.12. The largest absolute Gasteiger partial charge is 0.573 e. The van der Waals surface area contributed by atoms with E-state index < -0.39 is 18.1 Å². The number of rotatable bonds is 3. The van der Waals surface area contributed by atoms with Crippen molar-refractivity contribution < 1.29 is 27.4 Å². The summed E-state index contributed by atoms with van der Waals surface area (Å²) in [6, 6.07) is 5.66. The summed E-state index contributed by atoms with van der Waals surface area (Å²) in [6.07, 6.45) is -4.99. The van der Waals surface area contributed by atoms with E-state index in [2.05, 4.69) is 10.1 Å². The molecule has 140 valence electrons. The van der Waals surface area contributed by atoms with Crippen LogP contribution in [-0.4, -0.2) is 48.6 Å². The van der Waals surface area contributed by atoms with E-state index in [0.717, 1.165) is 0 Å². The minimum absolute atomic E-state index is 0.235. The summed E-state index contributed by atoms with van der Waals surface area (Å²) in [6.45, 7) is 6.83. The SMILES string of the molecule is CC(C)(C)OC(=O)N1CCNC[C@H]1Cc1ccccc1OC(F)(F)F. The quantitative estimate of drug-likeness (QED) is 0.898. The molecule has 0 radical (unpaired) electrons. The molecule has 1 atom stereocenters. The molecule has 8 heteroatoms. The van der Waals surface area contributed by atoms with Gasteiger partial charge in [-0.2, -0.15) is 0 Å². The van der Waals surface area contributed by atoms with Crippen LogP contribution in [0.25, 0.3) is 0 Å².